The fourth-order valence-corrected chi connectivity index (χ4v) is 5.63. The molecule has 0 aromatic carbocycles. The molecule has 3 aromatic heterocycles. The van der Waals surface area contributed by atoms with Gasteiger partial charge in [0, 0.05) is 45.0 Å². The summed E-state index contributed by atoms with van der Waals surface area (Å²) in [5.74, 6) is 0.542. The van der Waals surface area contributed by atoms with Crippen LogP contribution >= 0.6 is 11.3 Å². The van der Waals surface area contributed by atoms with E-state index >= 15 is 0 Å². The van der Waals surface area contributed by atoms with Gasteiger partial charge in [-0.25, -0.2) is 0 Å². The summed E-state index contributed by atoms with van der Waals surface area (Å²) in [6, 6.07) is 2.19. The minimum atomic E-state index is -0.105. The van der Waals surface area contributed by atoms with E-state index in [1.165, 1.54) is 12.0 Å². The van der Waals surface area contributed by atoms with Crippen LogP contribution in [0.3, 0.4) is 0 Å². The zero-order valence-corrected chi connectivity index (χ0v) is 16.0. The summed E-state index contributed by atoms with van der Waals surface area (Å²) in [6.07, 6.45) is 4.82. The van der Waals surface area contributed by atoms with Gasteiger partial charge in [0.15, 0.2) is 0 Å². The van der Waals surface area contributed by atoms with Crippen molar-refractivity contribution in [2.24, 2.45) is 20.0 Å². The summed E-state index contributed by atoms with van der Waals surface area (Å²) in [5, 5.41) is 4.87. The van der Waals surface area contributed by atoms with Crippen molar-refractivity contribution in [3.05, 3.63) is 56.3 Å². The number of pyridine rings is 1. The Balaban J connectivity index is 1.56. The summed E-state index contributed by atoms with van der Waals surface area (Å²) < 4.78 is 3.48. The van der Waals surface area contributed by atoms with Crippen LogP contribution in [0.4, 0.5) is 0 Å². The standard InChI is InChI=1S/C20H21N3O2S/c1-12-7-22(3)19(25)16-15(9-21(2)17(12)16)18(24)23-8-14-6-20(14,11-23)13-4-5-26-10-13/h4-5,7,9-10,14H,6,8,11H2,1-3H3. The fourth-order valence-electron chi connectivity index (χ4n) is 4.87. The zero-order valence-electron chi connectivity index (χ0n) is 15.2. The predicted molar refractivity (Wildman–Crippen MR) is 103 cm³/mol. The Morgan fingerprint density at radius 3 is 2.81 bits per heavy atom. The number of hydrogen-bond donors (Lipinski definition) is 0. The number of carbonyl (C=O) groups is 1. The minimum absolute atomic E-state index is 0.0138. The Kier molecular flexibility index (Phi) is 3.11. The molecule has 3 aromatic rings. The molecule has 1 saturated heterocycles. The zero-order chi connectivity index (χ0) is 18.2. The molecule has 6 heteroatoms. The highest BCUT2D eigenvalue weighted by Gasteiger charge is 2.61. The molecule has 1 aliphatic heterocycles. The molecule has 1 aliphatic carbocycles. The highest BCUT2D eigenvalue weighted by Crippen LogP contribution is 2.59. The number of nitrogens with zero attached hydrogens (tertiary/aromatic N) is 3. The highest BCUT2D eigenvalue weighted by atomic mass is 32.1. The number of amides is 1. The number of piperidine rings is 1. The van der Waals surface area contributed by atoms with E-state index in [2.05, 4.69) is 16.8 Å². The van der Waals surface area contributed by atoms with Crippen LogP contribution in [-0.4, -0.2) is 33.0 Å². The number of fused-ring (bicyclic) bond motifs is 2. The van der Waals surface area contributed by atoms with E-state index in [4.69, 9.17) is 0 Å². The van der Waals surface area contributed by atoms with Gasteiger partial charge in [0.25, 0.3) is 11.5 Å². The molecule has 1 saturated carbocycles. The van der Waals surface area contributed by atoms with Crippen LogP contribution in [0.2, 0.25) is 0 Å². The highest BCUT2D eigenvalue weighted by molar-refractivity contribution is 7.08. The SMILES string of the molecule is Cc1cn(C)c(=O)c2c(C(=O)N3CC4CC4(c4ccsc4)C3)cn(C)c12. The largest absolute Gasteiger partial charge is 0.349 e. The Labute approximate surface area is 155 Å². The van der Waals surface area contributed by atoms with Gasteiger partial charge in [-0.15, -0.1) is 0 Å². The number of thiophene rings is 1. The maximum Gasteiger partial charge on any atom is 0.260 e. The van der Waals surface area contributed by atoms with Crippen molar-refractivity contribution in [2.45, 2.75) is 18.8 Å². The van der Waals surface area contributed by atoms with Crippen LogP contribution in [0.15, 0.2) is 34.0 Å². The average Bonchev–Trinajstić information content (AvgIpc) is 3.06. The smallest absolute Gasteiger partial charge is 0.260 e. The lowest BCUT2D eigenvalue weighted by molar-refractivity contribution is 0.0774. The number of aryl methyl sites for hydroxylation is 3. The van der Waals surface area contributed by atoms with Crippen LogP contribution in [0.5, 0.6) is 0 Å². The van der Waals surface area contributed by atoms with Gasteiger partial charge in [-0.05, 0) is 47.2 Å². The Bertz CT molecular complexity index is 1110. The van der Waals surface area contributed by atoms with Crippen molar-refractivity contribution in [3.8, 4) is 0 Å². The molecule has 2 atom stereocenters. The first-order valence-electron chi connectivity index (χ1n) is 8.89. The van der Waals surface area contributed by atoms with Gasteiger partial charge in [0.1, 0.15) is 0 Å². The summed E-state index contributed by atoms with van der Waals surface area (Å²) in [6.45, 7) is 3.53. The molecule has 26 heavy (non-hydrogen) atoms. The van der Waals surface area contributed by atoms with E-state index in [9.17, 15) is 9.59 Å². The second-order valence-corrected chi connectivity index (χ2v) is 8.64. The molecule has 0 radical (unpaired) electrons. The Morgan fingerprint density at radius 1 is 1.27 bits per heavy atom. The average molecular weight is 367 g/mol. The van der Waals surface area contributed by atoms with Gasteiger partial charge in [-0.3, -0.25) is 9.59 Å². The summed E-state index contributed by atoms with van der Waals surface area (Å²) in [7, 11) is 3.65. The molecule has 0 bridgehead atoms. The van der Waals surface area contributed by atoms with Gasteiger partial charge < -0.3 is 14.0 Å². The number of carbonyl (C=O) groups excluding carboxylic acids is 1. The van der Waals surface area contributed by atoms with E-state index < -0.39 is 0 Å². The third-order valence-corrected chi connectivity index (χ3v) is 6.92. The lowest BCUT2D eigenvalue weighted by Gasteiger charge is -2.20. The lowest BCUT2D eigenvalue weighted by atomic mass is 9.98. The van der Waals surface area contributed by atoms with E-state index in [0.717, 1.165) is 24.2 Å². The van der Waals surface area contributed by atoms with Crippen molar-refractivity contribution in [3.63, 3.8) is 0 Å². The van der Waals surface area contributed by atoms with Gasteiger partial charge in [0.05, 0.1) is 16.5 Å². The van der Waals surface area contributed by atoms with Crippen molar-refractivity contribution >= 4 is 28.1 Å². The molecule has 0 spiro atoms. The topological polar surface area (TPSA) is 47.2 Å². The number of rotatable bonds is 2. The van der Waals surface area contributed by atoms with Crippen LogP contribution < -0.4 is 5.56 Å². The molecule has 2 unspecified atom stereocenters. The Hall–Kier alpha value is -2.34. The molecule has 2 aliphatic rings. The van der Waals surface area contributed by atoms with Crippen molar-refractivity contribution < 1.29 is 4.79 Å². The first-order valence-corrected chi connectivity index (χ1v) is 9.84. The van der Waals surface area contributed by atoms with E-state index in [1.54, 1.807) is 23.0 Å². The lowest BCUT2D eigenvalue weighted by Crippen LogP contribution is -2.33. The van der Waals surface area contributed by atoms with Crippen molar-refractivity contribution in [2.75, 3.05) is 13.1 Å². The molecule has 4 heterocycles. The third kappa shape index (κ3) is 1.96. The quantitative estimate of drug-likeness (QED) is 0.699. The first kappa shape index (κ1) is 15.9. The van der Waals surface area contributed by atoms with Crippen LogP contribution in [0.25, 0.3) is 10.9 Å². The second-order valence-electron chi connectivity index (χ2n) is 7.86. The predicted octanol–water partition coefficient (Wildman–Crippen LogP) is 2.66. The monoisotopic (exact) mass is 367 g/mol. The van der Waals surface area contributed by atoms with Crippen molar-refractivity contribution in [1.29, 1.82) is 0 Å². The molecule has 1 amide bonds. The van der Waals surface area contributed by atoms with E-state index in [1.807, 2.05) is 35.8 Å². The van der Waals surface area contributed by atoms with Gasteiger partial charge >= 0.3 is 0 Å². The van der Waals surface area contributed by atoms with Crippen LogP contribution in [-0.2, 0) is 19.5 Å². The molecular formula is C20H21N3O2S. The molecule has 2 fully saturated rings. The molecule has 5 nitrogen and oxygen atoms in total. The molecule has 0 N–H and O–H groups in total. The summed E-state index contributed by atoms with van der Waals surface area (Å²) in [5.41, 5.74) is 3.81. The maximum absolute atomic E-state index is 13.3. The van der Waals surface area contributed by atoms with Gasteiger partial charge in [0.2, 0.25) is 0 Å². The van der Waals surface area contributed by atoms with E-state index in [-0.39, 0.29) is 16.9 Å². The molecular weight excluding hydrogens is 346 g/mol. The number of hydrogen-bond acceptors (Lipinski definition) is 3. The van der Waals surface area contributed by atoms with E-state index in [0.29, 0.717) is 16.9 Å². The van der Waals surface area contributed by atoms with Crippen LogP contribution in [0.1, 0.15) is 27.9 Å². The molecule has 5 rings (SSSR count). The number of aromatic nitrogens is 2. The maximum atomic E-state index is 13.3. The van der Waals surface area contributed by atoms with Gasteiger partial charge in [-0.2, -0.15) is 11.3 Å². The normalized spacial score (nSPS) is 24.3. The third-order valence-electron chi connectivity index (χ3n) is 6.24. The summed E-state index contributed by atoms with van der Waals surface area (Å²) in [4.78, 5) is 28.0. The Morgan fingerprint density at radius 2 is 2.08 bits per heavy atom. The summed E-state index contributed by atoms with van der Waals surface area (Å²) >= 11 is 1.72. The second kappa shape index (κ2) is 5.10. The number of likely N-dealkylation sites (tertiary alicyclic amines) is 1. The molecule has 134 valence electrons. The van der Waals surface area contributed by atoms with Gasteiger partial charge in [-0.1, -0.05) is 0 Å². The van der Waals surface area contributed by atoms with Crippen LogP contribution in [0, 0.1) is 12.8 Å². The fraction of sp³-hybridized carbons (Fsp3) is 0.400. The van der Waals surface area contributed by atoms with Crippen molar-refractivity contribution in [1.82, 2.24) is 14.0 Å². The first-order chi connectivity index (χ1) is 12.4. The minimum Gasteiger partial charge on any atom is -0.349 e.